The third kappa shape index (κ3) is 5.18. The largest absolute Gasteiger partial charge is 0.492 e. The van der Waals surface area contributed by atoms with Crippen LogP contribution < -0.4 is 20.3 Å². The van der Waals surface area contributed by atoms with Gasteiger partial charge in [0.2, 0.25) is 0 Å². The predicted molar refractivity (Wildman–Crippen MR) is 93.9 cm³/mol. The van der Waals surface area contributed by atoms with E-state index in [1.165, 1.54) is 17.7 Å². The van der Waals surface area contributed by atoms with Gasteiger partial charge < -0.3 is 20.3 Å². The number of anilines is 1. The lowest BCUT2D eigenvalue weighted by atomic mass is 10.1. The van der Waals surface area contributed by atoms with Gasteiger partial charge >= 0.3 is 0 Å². The summed E-state index contributed by atoms with van der Waals surface area (Å²) in [5.74, 6) is 1.70. The first-order chi connectivity index (χ1) is 10.7. The summed E-state index contributed by atoms with van der Waals surface area (Å²) in [6, 6.07) is 6.65. The molecule has 1 aliphatic heterocycles. The average Bonchev–Trinajstić information content (AvgIpc) is 2.76. The highest BCUT2D eigenvalue weighted by molar-refractivity contribution is 5.60. The van der Waals surface area contributed by atoms with E-state index in [0.717, 1.165) is 45.0 Å². The van der Waals surface area contributed by atoms with Gasteiger partial charge in [0.25, 0.3) is 0 Å². The van der Waals surface area contributed by atoms with Gasteiger partial charge in [-0.05, 0) is 50.0 Å². The molecule has 2 rings (SSSR count). The van der Waals surface area contributed by atoms with Crippen LogP contribution in [0.15, 0.2) is 18.2 Å². The first kappa shape index (κ1) is 17.1. The smallest absolute Gasteiger partial charge is 0.142 e. The number of rotatable bonds is 7. The Kier molecular flexibility index (Phi) is 7.00. The molecule has 0 saturated carbocycles. The number of benzene rings is 1. The van der Waals surface area contributed by atoms with Crippen LogP contribution in [0.4, 0.5) is 5.69 Å². The quantitative estimate of drug-likeness (QED) is 0.812. The van der Waals surface area contributed by atoms with Crippen molar-refractivity contribution in [3.63, 3.8) is 0 Å². The van der Waals surface area contributed by atoms with E-state index in [1.807, 2.05) is 0 Å². The van der Waals surface area contributed by atoms with Gasteiger partial charge in [0, 0.05) is 26.2 Å². The fourth-order valence-corrected chi connectivity index (χ4v) is 2.79. The van der Waals surface area contributed by atoms with E-state index in [0.29, 0.717) is 12.5 Å². The molecular weight excluding hydrogens is 274 g/mol. The van der Waals surface area contributed by atoms with Gasteiger partial charge in [-0.1, -0.05) is 19.9 Å². The highest BCUT2D eigenvalue weighted by Gasteiger charge is 2.14. The van der Waals surface area contributed by atoms with Crippen LogP contribution in [0, 0.1) is 5.92 Å². The molecule has 124 valence electrons. The van der Waals surface area contributed by atoms with Crippen molar-refractivity contribution in [2.75, 3.05) is 44.2 Å². The molecule has 0 amide bonds. The van der Waals surface area contributed by atoms with Crippen LogP contribution in [-0.2, 0) is 6.54 Å². The minimum atomic E-state index is 0.676. The molecule has 0 bridgehead atoms. The van der Waals surface area contributed by atoms with Crippen LogP contribution in [0.3, 0.4) is 0 Å². The Morgan fingerprint density at radius 1 is 1.27 bits per heavy atom. The highest BCUT2D eigenvalue weighted by atomic mass is 16.5. The maximum atomic E-state index is 5.91. The summed E-state index contributed by atoms with van der Waals surface area (Å²) >= 11 is 0. The van der Waals surface area contributed by atoms with E-state index in [4.69, 9.17) is 4.74 Å². The summed E-state index contributed by atoms with van der Waals surface area (Å²) < 4.78 is 5.91. The SMILES string of the molecule is CCOc1cc(CNCC(C)C)ccc1N1CCCNCC1. The van der Waals surface area contributed by atoms with Crippen molar-refractivity contribution in [1.82, 2.24) is 10.6 Å². The van der Waals surface area contributed by atoms with Crippen LogP contribution in [0.5, 0.6) is 5.75 Å². The van der Waals surface area contributed by atoms with Crippen molar-refractivity contribution in [3.05, 3.63) is 23.8 Å². The van der Waals surface area contributed by atoms with Gasteiger partial charge in [0.1, 0.15) is 5.75 Å². The lowest BCUT2D eigenvalue weighted by molar-refractivity contribution is 0.340. The Bertz CT molecular complexity index is 440. The second-order valence-corrected chi connectivity index (χ2v) is 6.35. The number of nitrogens with zero attached hydrogens (tertiary/aromatic N) is 1. The third-order valence-electron chi connectivity index (χ3n) is 3.89. The van der Waals surface area contributed by atoms with E-state index in [1.54, 1.807) is 0 Å². The molecule has 2 N–H and O–H groups in total. The minimum Gasteiger partial charge on any atom is -0.492 e. The Labute approximate surface area is 135 Å². The molecule has 1 fully saturated rings. The van der Waals surface area contributed by atoms with Gasteiger partial charge in [-0.3, -0.25) is 0 Å². The molecular formula is C18H31N3O. The lowest BCUT2D eigenvalue weighted by Gasteiger charge is -2.25. The molecule has 1 aliphatic rings. The normalized spacial score (nSPS) is 15.9. The van der Waals surface area contributed by atoms with Crippen molar-refractivity contribution in [1.29, 1.82) is 0 Å². The lowest BCUT2D eigenvalue weighted by Crippen LogP contribution is -2.28. The van der Waals surface area contributed by atoms with E-state index >= 15 is 0 Å². The molecule has 1 aromatic carbocycles. The zero-order chi connectivity index (χ0) is 15.8. The standard InChI is InChI=1S/C18H31N3O/c1-4-22-18-12-16(14-20-13-15(2)3)6-7-17(18)21-10-5-8-19-9-11-21/h6-7,12,15,19-20H,4-5,8-11,13-14H2,1-3H3. The predicted octanol–water partition coefficient (Wildman–Crippen LogP) is 2.63. The minimum absolute atomic E-state index is 0.676. The molecule has 0 aromatic heterocycles. The molecule has 1 saturated heterocycles. The highest BCUT2D eigenvalue weighted by Crippen LogP contribution is 2.30. The number of ether oxygens (including phenoxy) is 1. The van der Waals surface area contributed by atoms with Crippen LogP contribution in [0.25, 0.3) is 0 Å². The Morgan fingerprint density at radius 3 is 2.91 bits per heavy atom. The zero-order valence-corrected chi connectivity index (χ0v) is 14.3. The van der Waals surface area contributed by atoms with E-state index in [-0.39, 0.29) is 0 Å². The average molecular weight is 305 g/mol. The molecule has 4 nitrogen and oxygen atoms in total. The molecule has 4 heteroatoms. The number of hydrogen-bond acceptors (Lipinski definition) is 4. The van der Waals surface area contributed by atoms with Gasteiger partial charge in [-0.2, -0.15) is 0 Å². The van der Waals surface area contributed by atoms with E-state index in [9.17, 15) is 0 Å². The molecule has 1 heterocycles. The number of hydrogen-bond donors (Lipinski definition) is 2. The van der Waals surface area contributed by atoms with Gasteiger partial charge in [-0.25, -0.2) is 0 Å². The van der Waals surface area contributed by atoms with Crippen LogP contribution in [-0.4, -0.2) is 39.3 Å². The Balaban J connectivity index is 2.08. The molecule has 0 aliphatic carbocycles. The van der Waals surface area contributed by atoms with Crippen LogP contribution in [0.1, 0.15) is 32.8 Å². The summed E-state index contributed by atoms with van der Waals surface area (Å²) in [5, 5.41) is 6.96. The summed E-state index contributed by atoms with van der Waals surface area (Å²) in [4.78, 5) is 2.44. The van der Waals surface area contributed by atoms with Crippen LogP contribution in [0.2, 0.25) is 0 Å². The second-order valence-electron chi connectivity index (χ2n) is 6.35. The molecule has 0 spiro atoms. The molecule has 1 aromatic rings. The molecule has 0 atom stereocenters. The summed E-state index contributed by atoms with van der Waals surface area (Å²) in [5.41, 5.74) is 2.53. The zero-order valence-electron chi connectivity index (χ0n) is 14.3. The van der Waals surface area contributed by atoms with Gasteiger partial charge in [-0.15, -0.1) is 0 Å². The Morgan fingerprint density at radius 2 is 2.14 bits per heavy atom. The molecule has 0 radical (unpaired) electrons. The maximum Gasteiger partial charge on any atom is 0.142 e. The third-order valence-corrected chi connectivity index (χ3v) is 3.89. The summed E-state index contributed by atoms with van der Waals surface area (Å²) in [7, 11) is 0. The monoisotopic (exact) mass is 305 g/mol. The second kappa shape index (κ2) is 9.01. The first-order valence-electron chi connectivity index (χ1n) is 8.62. The molecule has 0 unspecified atom stereocenters. The van der Waals surface area contributed by atoms with Gasteiger partial charge in [0.05, 0.1) is 12.3 Å². The Hall–Kier alpha value is -1.26. The van der Waals surface area contributed by atoms with Crippen molar-refractivity contribution >= 4 is 5.69 Å². The van der Waals surface area contributed by atoms with Crippen molar-refractivity contribution in [2.24, 2.45) is 5.92 Å². The fourth-order valence-electron chi connectivity index (χ4n) is 2.79. The van der Waals surface area contributed by atoms with Crippen molar-refractivity contribution in [3.8, 4) is 5.75 Å². The first-order valence-corrected chi connectivity index (χ1v) is 8.62. The van der Waals surface area contributed by atoms with E-state index in [2.05, 4.69) is 54.5 Å². The maximum absolute atomic E-state index is 5.91. The topological polar surface area (TPSA) is 36.5 Å². The fraction of sp³-hybridized carbons (Fsp3) is 0.667. The van der Waals surface area contributed by atoms with Crippen LogP contribution >= 0.6 is 0 Å². The van der Waals surface area contributed by atoms with E-state index < -0.39 is 0 Å². The van der Waals surface area contributed by atoms with Gasteiger partial charge in [0.15, 0.2) is 0 Å². The molecule has 22 heavy (non-hydrogen) atoms. The van der Waals surface area contributed by atoms with Crippen molar-refractivity contribution < 1.29 is 4.74 Å². The number of nitrogens with one attached hydrogen (secondary N) is 2. The summed E-state index contributed by atoms with van der Waals surface area (Å²) in [6.07, 6.45) is 1.18. The summed E-state index contributed by atoms with van der Waals surface area (Å²) in [6.45, 7) is 13.5. The van der Waals surface area contributed by atoms with Crippen molar-refractivity contribution in [2.45, 2.75) is 33.7 Å².